The van der Waals surface area contributed by atoms with Crippen molar-refractivity contribution in [3.63, 3.8) is 0 Å². The number of carbonyl (C=O) groups excluding carboxylic acids is 2. The van der Waals surface area contributed by atoms with Gasteiger partial charge in [0.25, 0.3) is 11.8 Å². The van der Waals surface area contributed by atoms with Crippen LogP contribution in [-0.2, 0) is 11.0 Å². The second kappa shape index (κ2) is 9.94. The molecular weight excluding hydrogens is 381 g/mol. The van der Waals surface area contributed by atoms with E-state index in [0.717, 1.165) is 37.3 Å². The molecule has 1 aliphatic carbocycles. The first kappa shape index (κ1) is 23.0. The average molecular weight is 410 g/mol. The van der Waals surface area contributed by atoms with Crippen molar-refractivity contribution >= 4 is 17.5 Å². The highest BCUT2D eigenvalue weighted by Gasteiger charge is 2.36. The first-order valence-corrected chi connectivity index (χ1v) is 10.1. The van der Waals surface area contributed by atoms with E-state index in [1.807, 2.05) is 13.0 Å². The van der Waals surface area contributed by atoms with Crippen molar-refractivity contribution in [1.29, 1.82) is 0 Å². The lowest BCUT2D eigenvalue weighted by molar-refractivity contribution is -0.138. The zero-order chi connectivity index (χ0) is 21.6. The van der Waals surface area contributed by atoms with E-state index < -0.39 is 23.2 Å². The van der Waals surface area contributed by atoms with Gasteiger partial charge in [0.1, 0.15) is 0 Å². The van der Waals surface area contributed by atoms with Crippen LogP contribution in [0.1, 0.15) is 73.9 Å². The summed E-state index contributed by atoms with van der Waals surface area (Å²) in [7, 11) is 0. The molecule has 0 bridgehead atoms. The van der Waals surface area contributed by atoms with Gasteiger partial charge in [0, 0.05) is 17.8 Å². The normalized spacial score (nSPS) is 14.6. The Labute approximate surface area is 169 Å². The molecule has 7 heteroatoms. The molecule has 160 valence electrons. The lowest BCUT2D eigenvalue weighted by Gasteiger charge is -2.17. The van der Waals surface area contributed by atoms with Crippen LogP contribution in [-0.4, -0.2) is 18.4 Å². The molecule has 1 aromatic rings. The van der Waals surface area contributed by atoms with Crippen molar-refractivity contribution in [1.82, 2.24) is 5.32 Å². The fourth-order valence-electron chi connectivity index (χ4n) is 2.99. The van der Waals surface area contributed by atoms with Crippen LogP contribution in [0.5, 0.6) is 0 Å². The zero-order valence-corrected chi connectivity index (χ0v) is 17.2. The minimum Gasteiger partial charge on any atom is -0.352 e. The molecule has 0 radical (unpaired) electrons. The number of carbonyl (C=O) groups is 2. The van der Waals surface area contributed by atoms with Gasteiger partial charge in [-0.1, -0.05) is 32.3 Å². The number of unbranched alkanes of at least 4 members (excludes halogenated alkanes) is 1. The molecule has 0 unspecified atom stereocenters. The molecule has 2 N–H and O–H groups in total. The number of rotatable bonds is 9. The van der Waals surface area contributed by atoms with Crippen LogP contribution in [0.25, 0.3) is 0 Å². The Kier molecular flexibility index (Phi) is 7.88. The summed E-state index contributed by atoms with van der Waals surface area (Å²) < 4.78 is 40.3. The molecule has 0 heterocycles. The molecule has 0 aromatic heterocycles. The van der Waals surface area contributed by atoms with Gasteiger partial charge in [-0.05, 0) is 56.7 Å². The van der Waals surface area contributed by atoms with Gasteiger partial charge in [-0.3, -0.25) is 9.59 Å². The van der Waals surface area contributed by atoms with Crippen molar-refractivity contribution in [3.05, 3.63) is 40.5 Å². The summed E-state index contributed by atoms with van der Waals surface area (Å²) in [6, 6.07) is 2.03. The van der Waals surface area contributed by atoms with Crippen molar-refractivity contribution in [3.8, 4) is 0 Å². The van der Waals surface area contributed by atoms with Gasteiger partial charge in [-0.25, -0.2) is 0 Å². The standard InChI is InChI=1S/C22H29F3N2O2/c1-4-5-11-26-21(29)17-13-19(15(3)12-18(17)22(23,24)25)27-20(28)14(2)7-6-8-16-9-10-16/h7,12-13,16H,4-6,8-11H2,1-3H3,(H,26,29)(H,27,28)/b14-7+. The maximum atomic E-state index is 13.4. The number of allylic oxidation sites excluding steroid dienone is 1. The van der Waals surface area contributed by atoms with Crippen LogP contribution in [0.3, 0.4) is 0 Å². The van der Waals surface area contributed by atoms with Crippen LogP contribution in [0.4, 0.5) is 18.9 Å². The third-order valence-corrected chi connectivity index (χ3v) is 5.06. The third kappa shape index (κ3) is 6.91. The Morgan fingerprint density at radius 1 is 1.24 bits per heavy atom. The van der Waals surface area contributed by atoms with Crippen molar-refractivity contribution < 1.29 is 22.8 Å². The van der Waals surface area contributed by atoms with Gasteiger partial charge in [0.2, 0.25) is 0 Å². The van der Waals surface area contributed by atoms with E-state index in [9.17, 15) is 22.8 Å². The summed E-state index contributed by atoms with van der Waals surface area (Å²) in [5, 5.41) is 5.17. The van der Waals surface area contributed by atoms with E-state index in [1.54, 1.807) is 6.92 Å². The summed E-state index contributed by atoms with van der Waals surface area (Å²) >= 11 is 0. The van der Waals surface area contributed by atoms with Crippen LogP contribution in [0.2, 0.25) is 0 Å². The van der Waals surface area contributed by atoms with E-state index >= 15 is 0 Å². The van der Waals surface area contributed by atoms with E-state index in [4.69, 9.17) is 0 Å². The molecule has 2 amide bonds. The quantitative estimate of drug-likeness (QED) is 0.410. The Bertz CT molecular complexity index is 781. The van der Waals surface area contributed by atoms with Gasteiger partial charge in [0.15, 0.2) is 0 Å². The van der Waals surface area contributed by atoms with Crippen LogP contribution in [0, 0.1) is 12.8 Å². The number of anilines is 1. The molecule has 0 aliphatic heterocycles. The minimum atomic E-state index is -4.66. The molecule has 1 saturated carbocycles. The molecule has 2 rings (SSSR count). The Morgan fingerprint density at radius 3 is 2.52 bits per heavy atom. The number of halogens is 3. The third-order valence-electron chi connectivity index (χ3n) is 5.06. The number of alkyl halides is 3. The lowest BCUT2D eigenvalue weighted by atomic mass is 10.0. The zero-order valence-electron chi connectivity index (χ0n) is 17.2. The SMILES string of the molecule is CCCCNC(=O)c1cc(NC(=O)/C(C)=C/CCC2CC2)c(C)cc1C(F)(F)F. The van der Waals surface area contributed by atoms with Crippen LogP contribution >= 0.6 is 0 Å². The van der Waals surface area contributed by atoms with Gasteiger partial charge < -0.3 is 10.6 Å². The lowest BCUT2D eigenvalue weighted by Crippen LogP contribution is -2.27. The number of nitrogens with one attached hydrogen (secondary N) is 2. The smallest absolute Gasteiger partial charge is 0.352 e. The van der Waals surface area contributed by atoms with Crippen molar-refractivity contribution in [2.24, 2.45) is 5.92 Å². The van der Waals surface area contributed by atoms with E-state index in [1.165, 1.54) is 19.8 Å². The molecule has 0 atom stereocenters. The maximum absolute atomic E-state index is 13.4. The topological polar surface area (TPSA) is 58.2 Å². The molecule has 1 aromatic carbocycles. The van der Waals surface area contributed by atoms with E-state index in [2.05, 4.69) is 10.6 Å². The summed E-state index contributed by atoms with van der Waals surface area (Å²) in [6.45, 7) is 5.38. The summed E-state index contributed by atoms with van der Waals surface area (Å²) in [4.78, 5) is 24.8. The molecule has 4 nitrogen and oxygen atoms in total. The number of aryl methyl sites for hydroxylation is 1. The first-order valence-electron chi connectivity index (χ1n) is 10.1. The first-order chi connectivity index (χ1) is 13.6. The largest absolute Gasteiger partial charge is 0.417 e. The van der Waals surface area contributed by atoms with Crippen LogP contribution < -0.4 is 10.6 Å². The van der Waals surface area contributed by atoms with Gasteiger partial charge in [0.05, 0.1) is 11.1 Å². The van der Waals surface area contributed by atoms with Crippen molar-refractivity contribution in [2.75, 3.05) is 11.9 Å². The van der Waals surface area contributed by atoms with E-state index in [0.29, 0.717) is 18.5 Å². The number of benzene rings is 1. The number of hydrogen-bond acceptors (Lipinski definition) is 2. The molecule has 29 heavy (non-hydrogen) atoms. The number of amides is 2. The Hall–Kier alpha value is -2.31. The molecule has 1 aliphatic rings. The predicted molar refractivity (Wildman–Crippen MR) is 108 cm³/mol. The molecule has 1 fully saturated rings. The summed E-state index contributed by atoms with van der Waals surface area (Å²) in [5.74, 6) is -0.410. The van der Waals surface area contributed by atoms with Crippen LogP contribution in [0.15, 0.2) is 23.8 Å². The second-order valence-electron chi connectivity index (χ2n) is 7.68. The fourth-order valence-corrected chi connectivity index (χ4v) is 2.99. The average Bonchev–Trinajstić information content (AvgIpc) is 3.46. The van der Waals surface area contributed by atoms with Gasteiger partial charge in [-0.2, -0.15) is 13.2 Å². The Balaban J connectivity index is 2.21. The van der Waals surface area contributed by atoms with Gasteiger partial charge in [-0.15, -0.1) is 0 Å². The van der Waals surface area contributed by atoms with Crippen molar-refractivity contribution in [2.45, 2.75) is 65.5 Å². The number of hydrogen-bond donors (Lipinski definition) is 2. The minimum absolute atomic E-state index is 0.207. The fraction of sp³-hybridized carbons (Fsp3) is 0.545. The van der Waals surface area contributed by atoms with Gasteiger partial charge >= 0.3 is 6.18 Å². The highest BCUT2D eigenvalue weighted by atomic mass is 19.4. The highest BCUT2D eigenvalue weighted by molar-refractivity contribution is 6.05. The maximum Gasteiger partial charge on any atom is 0.417 e. The summed E-state index contributed by atoms with van der Waals surface area (Å²) in [5.41, 5.74) is -0.511. The monoisotopic (exact) mass is 410 g/mol. The highest BCUT2D eigenvalue weighted by Crippen LogP contribution is 2.35. The molecule has 0 spiro atoms. The Morgan fingerprint density at radius 2 is 1.93 bits per heavy atom. The molecule has 0 saturated heterocycles. The predicted octanol–water partition coefficient (Wildman–Crippen LogP) is 5.62. The van der Waals surface area contributed by atoms with E-state index in [-0.39, 0.29) is 17.2 Å². The second-order valence-corrected chi connectivity index (χ2v) is 7.68. The summed E-state index contributed by atoms with van der Waals surface area (Å²) in [6.07, 6.45) is 3.02. The molecular formula is C22H29F3N2O2.